The van der Waals surface area contributed by atoms with Crippen molar-refractivity contribution < 1.29 is 0 Å². The zero-order chi connectivity index (χ0) is 8.69. The Labute approximate surface area is 76.9 Å². The quantitative estimate of drug-likeness (QED) is 0.618. The lowest BCUT2D eigenvalue weighted by atomic mass is 10.1. The van der Waals surface area contributed by atoms with Crippen LogP contribution in [0.5, 0.6) is 0 Å². The largest absolute Gasteiger partial charge is 0.264 e. The third kappa shape index (κ3) is 4.89. The minimum Gasteiger partial charge on any atom is -0.264 e. The molecule has 0 fully saturated rings. The van der Waals surface area contributed by atoms with Gasteiger partial charge in [0.2, 0.25) is 0 Å². The number of pyridine rings is 1. The highest BCUT2D eigenvalue weighted by Gasteiger charge is 1.94. The lowest BCUT2D eigenvalue weighted by molar-refractivity contribution is 0.858. The maximum Gasteiger partial charge on any atom is 0.0302 e. The monoisotopic (exact) mass is 167 g/mol. The van der Waals surface area contributed by atoms with E-state index >= 15 is 0 Å². The summed E-state index contributed by atoms with van der Waals surface area (Å²) >= 11 is 0. The van der Waals surface area contributed by atoms with E-state index in [0.29, 0.717) is 5.92 Å². The van der Waals surface area contributed by atoms with Crippen molar-refractivity contribution in [1.82, 2.24) is 4.98 Å². The van der Waals surface area contributed by atoms with Gasteiger partial charge in [-0.3, -0.25) is 4.98 Å². The topological polar surface area (TPSA) is 12.9 Å². The molecule has 70 valence electrons. The van der Waals surface area contributed by atoms with Gasteiger partial charge in [0.05, 0.1) is 0 Å². The fraction of sp³-hybridized carbons (Fsp3) is 0.545. The highest BCUT2D eigenvalue weighted by atomic mass is 14.6. The van der Waals surface area contributed by atoms with Crippen molar-refractivity contribution in [3.05, 3.63) is 30.1 Å². The minimum atomic E-state index is 0. The van der Waals surface area contributed by atoms with Crippen LogP contribution in [0.1, 0.15) is 46.6 Å². The molecule has 1 aromatic heterocycles. The van der Waals surface area contributed by atoms with E-state index in [1.165, 1.54) is 5.56 Å². The maximum atomic E-state index is 4.01. The third-order valence-electron chi connectivity index (χ3n) is 1.35. The number of rotatable bonds is 1. The Bertz CT molecular complexity index is 168. The smallest absolute Gasteiger partial charge is 0.0302 e. The first-order valence-electron chi connectivity index (χ1n) is 4.20. The Morgan fingerprint density at radius 2 is 1.83 bits per heavy atom. The maximum absolute atomic E-state index is 4.01. The van der Waals surface area contributed by atoms with E-state index in [-0.39, 0.29) is 7.43 Å². The summed E-state index contributed by atoms with van der Waals surface area (Å²) in [4.78, 5) is 4.01. The highest BCUT2D eigenvalue weighted by Crippen LogP contribution is 2.10. The van der Waals surface area contributed by atoms with Gasteiger partial charge in [-0.25, -0.2) is 0 Å². The number of aromatic nitrogens is 1. The summed E-state index contributed by atoms with van der Waals surface area (Å²) in [5.41, 5.74) is 1.30. The van der Waals surface area contributed by atoms with E-state index in [1.54, 1.807) is 6.20 Å². The van der Waals surface area contributed by atoms with Crippen LogP contribution >= 0.6 is 0 Å². The second kappa shape index (κ2) is 8.25. The Morgan fingerprint density at radius 1 is 1.25 bits per heavy atom. The van der Waals surface area contributed by atoms with Crippen LogP contribution < -0.4 is 0 Å². The van der Waals surface area contributed by atoms with Gasteiger partial charge in [0.1, 0.15) is 0 Å². The first-order chi connectivity index (χ1) is 5.30. The van der Waals surface area contributed by atoms with Gasteiger partial charge in [-0.2, -0.15) is 0 Å². The average molecular weight is 167 g/mol. The van der Waals surface area contributed by atoms with Gasteiger partial charge in [0, 0.05) is 12.4 Å². The molecule has 0 radical (unpaired) electrons. The normalized spacial score (nSPS) is 8.08. The summed E-state index contributed by atoms with van der Waals surface area (Å²) in [6, 6.07) is 4.06. The molecule has 1 heterocycles. The molecule has 1 heteroatoms. The number of hydrogen-bond donors (Lipinski definition) is 0. The fourth-order valence-corrected chi connectivity index (χ4v) is 0.717. The van der Waals surface area contributed by atoms with Gasteiger partial charge in [-0.15, -0.1) is 0 Å². The van der Waals surface area contributed by atoms with Crippen LogP contribution in [0.15, 0.2) is 24.5 Å². The zero-order valence-electron chi connectivity index (χ0n) is 7.83. The summed E-state index contributed by atoms with van der Waals surface area (Å²) in [7, 11) is 0. The molecule has 0 atom stereocenters. The molecule has 0 saturated heterocycles. The summed E-state index contributed by atoms with van der Waals surface area (Å²) in [6.07, 6.45) is 3.70. The lowest BCUT2D eigenvalue weighted by Gasteiger charge is -2.00. The van der Waals surface area contributed by atoms with E-state index < -0.39 is 0 Å². The Morgan fingerprint density at radius 3 is 2.08 bits per heavy atom. The van der Waals surface area contributed by atoms with Gasteiger partial charge in [-0.05, 0) is 17.5 Å². The summed E-state index contributed by atoms with van der Waals surface area (Å²) in [5, 5.41) is 0. The molecule has 1 rings (SSSR count). The molecular weight excluding hydrogens is 146 g/mol. The van der Waals surface area contributed by atoms with Crippen LogP contribution in [0.3, 0.4) is 0 Å². The molecule has 0 saturated carbocycles. The average Bonchev–Trinajstić information content (AvgIpc) is 2.10. The summed E-state index contributed by atoms with van der Waals surface area (Å²) in [5.74, 6) is 0.596. The SMILES string of the molecule is C.CC.CC(C)c1cccnc1. The van der Waals surface area contributed by atoms with Crippen molar-refractivity contribution in [2.75, 3.05) is 0 Å². The standard InChI is InChI=1S/C8H11N.C2H6.CH4/c1-7(2)8-4-3-5-9-6-8;1-2;/h3-7H,1-2H3;1-2H3;1H4. The van der Waals surface area contributed by atoms with E-state index in [1.807, 2.05) is 26.1 Å². The minimum absolute atomic E-state index is 0. The van der Waals surface area contributed by atoms with Crippen LogP contribution in [0.4, 0.5) is 0 Å². The van der Waals surface area contributed by atoms with E-state index in [4.69, 9.17) is 0 Å². The van der Waals surface area contributed by atoms with Gasteiger partial charge < -0.3 is 0 Å². The molecule has 0 aliphatic heterocycles. The predicted molar refractivity (Wildman–Crippen MR) is 56.4 cm³/mol. The fourth-order valence-electron chi connectivity index (χ4n) is 0.717. The molecule has 0 N–H and O–H groups in total. The third-order valence-corrected chi connectivity index (χ3v) is 1.35. The van der Waals surface area contributed by atoms with E-state index in [9.17, 15) is 0 Å². The Hall–Kier alpha value is -0.850. The van der Waals surface area contributed by atoms with Crippen LogP contribution in [0, 0.1) is 0 Å². The van der Waals surface area contributed by atoms with Gasteiger partial charge in [0.25, 0.3) is 0 Å². The van der Waals surface area contributed by atoms with Crippen molar-refractivity contribution in [2.24, 2.45) is 0 Å². The van der Waals surface area contributed by atoms with Crippen molar-refractivity contribution in [1.29, 1.82) is 0 Å². The number of nitrogens with zero attached hydrogens (tertiary/aromatic N) is 1. The van der Waals surface area contributed by atoms with E-state index in [0.717, 1.165) is 0 Å². The summed E-state index contributed by atoms with van der Waals surface area (Å²) < 4.78 is 0. The first kappa shape index (κ1) is 13.7. The van der Waals surface area contributed by atoms with Crippen molar-refractivity contribution in [3.63, 3.8) is 0 Å². The molecule has 0 aliphatic rings. The molecular formula is C11H21N. The molecule has 0 aromatic carbocycles. The molecule has 0 bridgehead atoms. The lowest BCUT2D eigenvalue weighted by Crippen LogP contribution is -1.85. The predicted octanol–water partition coefficient (Wildman–Crippen LogP) is 3.87. The van der Waals surface area contributed by atoms with Crippen molar-refractivity contribution in [3.8, 4) is 0 Å². The Balaban J connectivity index is 0. The van der Waals surface area contributed by atoms with Crippen LogP contribution in [0.2, 0.25) is 0 Å². The zero-order valence-corrected chi connectivity index (χ0v) is 7.83. The highest BCUT2D eigenvalue weighted by molar-refractivity contribution is 5.12. The molecule has 1 nitrogen and oxygen atoms in total. The summed E-state index contributed by atoms with van der Waals surface area (Å²) in [6.45, 7) is 8.33. The molecule has 1 aromatic rings. The first-order valence-corrected chi connectivity index (χ1v) is 4.20. The van der Waals surface area contributed by atoms with Crippen LogP contribution in [-0.2, 0) is 0 Å². The second-order valence-electron chi connectivity index (χ2n) is 2.44. The molecule has 0 aliphatic carbocycles. The van der Waals surface area contributed by atoms with Crippen LogP contribution in [0.25, 0.3) is 0 Å². The van der Waals surface area contributed by atoms with Crippen molar-refractivity contribution >= 4 is 0 Å². The van der Waals surface area contributed by atoms with Gasteiger partial charge in [-0.1, -0.05) is 41.2 Å². The van der Waals surface area contributed by atoms with Crippen molar-refractivity contribution in [2.45, 2.75) is 41.0 Å². The van der Waals surface area contributed by atoms with Gasteiger partial charge in [0.15, 0.2) is 0 Å². The Kier molecular flexibility index (Phi) is 9.43. The molecule has 0 unspecified atom stereocenters. The second-order valence-corrected chi connectivity index (χ2v) is 2.44. The molecule has 0 amide bonds. The van der Waals surface area contributed by atoms with Crippen LogP contribution in [-0.4, -0.2) is 4.98 Å². The van der Waals surface area contributed by atoms with Gasteiger partial charge >= 0.3 is 0 Å². The van der Waals surface area contributed by atoms with E-state index in [2.05, 4.69) is 24.9 Å². The molecule has 12 heavy (non-hydrogen) atoms. The number of hydrogen-bond acceptors (Lipinski definition) is 1. The molecule has 0 spiro atoms.